The van der Waals surface area contributed by atoms with E-state index in [9.17, 15) is 4.79 Å². The Balaban J connectivity index is 1.27. The average Bonchev–Trinajstić information content (AvgIpc) is 3.20. The summed E-state index contributed by atoms with van der Waals surface area (Å²) in [6, 6.07) is 16.0. The van der Waals surface area contributed by atoms with Gasteiger partial charge in [0.1, 0.15) is 0 Å². The Hall–Kier alpha value is -1.75. The molecule has 0 bridgehead atoms. The van der Waals surface area contributed by atoms with Crippen molar-refractivity contribution in [3.8, 4) is 0 Å². The van der Waals surface area contributed by atoms with E-state index in [0.717, 1.165) is 49.7 Å². The highest BCUT2D eigenvalue weighted by molar-refractivity contribution is 6.33. The quantitative estimate of drug-likeness (QED) is 0.593. The summed E-state index contributed by atoms with van der Waals surface area (Å²) < 4.78 is 0. The van der Waals surface area contributed by atoms with E-state index in [1.807, 2.05) is 30.3 Å². The second-order valence-electron chi connectivity index (χ2n) is 8.49. The summed E-state index contributed by atoms with van der Waals surface area (Å²) in [7, 11) is 0. The van der Waals surface area contributed by atoms with Crippen LogP contribution in [0.5, 0.6) is 0 Å². The summed E-state index contributed by atoms with van der Waals surface area (Å²) in [5.41, 5.74) is 2.02. The van der Waals surface area contributed by atoms with Crippen LogP contribution in [0.2, 0.25) is 10.0 Å². The van der Waals surface area contributed by atoms with Crippen LogP contribution in [-0.2, 0) is 6.42 Å². The van der Waals surface area contributed by atoms with Crippen LogP contribution < -0.4 is 10.6 Å². The van der Waals surface area contributed by atoms with Crippen molar-refractivity contribution in [3.63, 3.8) is 0 Å². The number of anilines is 1. The minimum absolute atomic E-state index is 0.169. The number of para-hydroxylation sites is 1. The lowest BCUT2D eigenvalue weighted by atomic mass is 9.89. The zero-order valence-electron chi connectivity index (χ0n) is 17.1. The van der Waals surface area contributed by atoms with Crippen LogP contribution >= 0.6 is 23.2 Å². The minimum atomic E-state index is -0.169. The summed E-state index contributed by atoms with van der Waals surface area (Å²) >= 11 is 12.2. The summed E-state index contributed by atoms with van der Waals surface area (Å²) in [5, 5.41) is 7.44. The number of urea groups is 1. The first kappa shape index (κ1) is 21.5. The molecule has 2 aliphatic rings. The molecule has 1 saturated heterocycles. The molecule has 30 heavy (non-hydrogen) atoms. The number of rotatable bonds is 5. The van der Waals surface area contributed by atoms with Crippen LogP contribution in [-0.4, -0.2) is 36.1 Å². The molecule has 2 aromatic carbocycles. The van der Waals surface area contributed by atoms with E-state index in [1.165, 1.54) is 18.4 Å². The number of benzene rings is 2. The fourth-order valence-electron chi connectivity index (χ4n) is 4.88. The van der Waals surface area contributed by atoms with E-state index in [0.29, 0.717) is 16.8 Å². The van der Waals surface area contributed by atoms with Crippen molar-refractivity contribution in [1.29, 1.82) is 0 Å². The van der Waals surface area contributed by atoms with Gasteiger partial charge in [-0.25, -0.2) is 4.79 Å². The van der Waals surface area contributed by atoms with Crippen molar-refractivity contribution in [2.75, 3.05) is 18.4 Å². The average molecular weight is 446 g/mol. The molecule has 0 aromatic heterocycles. The summed E-state index contributed by atoms with van der Waals surface area (Å²) in [6.45, 7) is 2.21. The monoisotopic (exact) mass is 445 g/mol. The summed E-state index contributed by atoms with van der Waals surface area (Å²) in [4.78, 5) is 15.1. The van der Waals surface area contributed by atoms with Gasteiger partial charge in [0.2, 0.25) is 0 Å². The maximum Gasteiger partial charge on any atom is 0.319 e. The lowest BCUT2D eigenvalue weighted by Gasteiger charge is -2.38. The van der Waals surface area contributed by atoms with Crippen LogP contribution in [0.3, 0.4) is 0 Å². The first-order chi connectivity index (χ1) is 14.6. The number of nitrogens with zero attached hydrogens (tertiary/aromatic N) is 1. The molecule has 1 aliphatic heterocycles. The molecular weight excluding hydrogens is 417 g/mol. The molecular formula is C24H29Cl2N3O. The van der Waals surface area contributed by atoms with Crippen LogP contribution in [0, 0.1) is 5.92 Å². The van der Waals surface area contributed by atoms with E-state index >= 15 is 0 Å². The maximum absolute atomic E-state index is 12.5. The van der Waals surface area contributed by atoms with Crippen LogP contribution in [0.25, 0.3) is 0 Å². The highest BCUT2D eigenvalue weighted by Gasteiger charge is 2.35. The van der Waals surface area contributed by atoms with Crippen molar-refractivity contribution in [2.45, 2.75) is 50.6 Å². The zero-order chi connectivity index (χ0) is 20.9. The fraction of sp³-hybridized carbons (Fsp3) is 0.458. The van der Waals surface area contributed by atoms with E-state index in [2.05, 4.69) is 27.7 Å². The minimum Gasteiger partial charge on any atom is -0.334 e. The van der Waals surface area contributed by atoms with Crippen molar-refractivity contribution in [3.05, 3.63) is 64.1 Å². The van der Waals surface area contributed by atoms with E-state index in [-0.39, 0.29) is 12.1 Å². The van der Waals surface area contributed by atoms with Crippen molar-refractivity contribution < 1.29 is 4.79 Å². The predicted molar refractivity (Wildman–Crippen MR) is 124 cm³/mol. The SMILES string of the molecule is O=C(Nc1ccccc1Cl)NC1CCCC1N1CCC(Cc2ccc(Cl)cc2)CC1. The normalized spacial score (nSPS) is 22.7. The van der Waals surface area contributed by atoms with Gasteiger partial charge in [0, 0.05) is 17.1 Å². The number of halogens is 2. The standard InChI is InChI=1S/C24H29Cl2N3O/c25-19-10-8-17(9-11-19)16-18-12-14-29(15-13-18)23-7-3-6-22(23)28-24(30)27-21-5-2-1-4-20(21)26/h1-2,4-5,8-11,18,22-23H,3,6-7,12-16H2,(H2,27,28,30). The number of hydrogen-bond donors (Lipinski definition) is 2. The molecule has 2 aromatic rings. The van der Waals surface area contributed by atoms with Gasteiger partial charge in [0.15, 0.2) is 0 Å². The molecule has 0 radical (unpaired) electrons. The Morgan fingerprint density at radius 3 is 2.43 bits per heavy atom. The summed E-state index contributed by atoms with van der Waals surface area (Å²) in [5.74, 6) is 0.721. The highest BCUT2D eigenvalue weighted by Crippen LogP contribution is 2.30. The van der Waals surface area contributed by atoms with Gasteiger partial charge < -0.3 is 10.6 Å². The number of carbonyl (C=O) groups is 1. The largest absolute Gasteiger partial charge is 0.334 e. The second kappa shape index (κ2) is 10.0. The fourth-order valence-corrected chi connectivity index (χ4v) is 5.19. The molecule has 2 fully saturated rings. The van der Waals surface area contributed by atoms with Gasteiger partial charge in [-0.05, 0) is 87.4 Å². The number of likely N-dealkylation sites (tertiary alicyclic amines) is 1. The predicted octanol–water partition coefficient (Wildman–Crippen LogP) is 5.99. The van der Waals surface area contributed by atoms with Gasteiger partial charge in [-0.1, -0.05) is 47.5 Å². The molecule has 2 unspecified atom stereocenters. The third-order valence-corrected chi connectivity index (χ3v) is 7.06. The van der Waals surface area contributed by atoms with Crippen LogP contribution in [0.15, 0.2) is 48.5 Å². The molecule has 1 aliphatic carbocycles. The Kier molecular flexibility index (Phi) is 7.19. The lowest BCUT2D eigenvalue weighted by Crippen LogP contribution is -2.52. The Labute approximate surface area is 188 Å². The lowest BCUT2D eigenvalue weighted by molar-refractivity contribution is 0.119. The summed E-state index contributed by atoms with van der Waals surface area (Å²) in [6.07, 6.45) is 6.88. The van der Waals surface area contributed by atoms with Crippen LogP contribution in [0.1, 0.15) is 37.7 Å². The molecule has 160 valence electrons. The molecule has 4 nitrogen and oxygen atoms in total. The van der Waals surface area contributed by atoms with Gasteiger partial charge in [0.05, 0.1) is 10.7 Å². The smallest absolute Gasteiger partial charge is 0.319 e. The topological polar surface area (TPSA) is 44.4 Å². The number of carbonyl (C=O) groups excluding carboxylic acids is 1. The van der Waals surface area contributed by atoms with Crippen molar-refractivity contribution >= 4 is 34.9 Å². The molecule has 0 spiro atoms. The molecule has 2 amide bonds. The number of hydrogen-bond acceptors (Lipinski definition) is 2. The van der Waals surface area contributed by atoms with E-state index < -0.39 is 0 Å². The Morgan fingerprint density at radius 1 is 0.967 bits per heavy atom. The number of piperidine rings is 1. The highest BCUT2D eigenvalue weighted by atomic mass is 35.5. The molecule has 2 atom stereocenters. The van der Waals surface area contributed by atoms with E-state index in [4.69, 9.17) is 23.2 Å². The second-order valence-corrected chi connectivity index (χ2v) is 9.34. The molecule has 6 heteroatoms. The maximum atomic E-state index is 12.5. The van der Waals surface area contributed by atoms with Crippen molar-refractivity contribution in [2.24, 2.45) is 5.92 Å². The van der Waals surface area contributed by atoms with Gasteiger partial charge in [0.25, 0.3) is 0 Å². The van der Waals surface area contributed by atoms with Gasteiger partial charge in [-0.15, -0.1) is 0 Å². The number of nitrogens with one attached hydrogen (secondary N) is 2. The first-order valence-corrected chi connectivity index (χ1v) is 11.6. The Bertz CT molecular complexity index is 850. The molecule has 4 rings (SSSR count). The Morgan fingerprint density at radius 2 is 1.70 bits per heavy atom. The molecule has 1 heterocycles. The van der Waals surface area contributed by atoms with Crippen molar-refractivity contribution in [1.82, 2.24) is 10.2 Å². The first-order valence-electron chi connectivity index (χ1n) is 10.9. The molecule has 2 N–H and O–H groups in total. The van der Waals surface area contributed by atoms with Gasteiger partial charge >= 0.3 is 6.03 Å². The van der Waals surface area contributed by atoms with E-state index in [1.54, 1.807) is 6.07 Å². The number of amides is 2. The zero-order valence-corrected chi connectivity index (χ0v) is 18.6. The van der Waals surface area contributed by atoms with Gasteiger partial charge in [-0.3, -0.25) is 4.90 Å². The third-order valence-electron chi connectivity index (χ3n) is 6.47. The van der Waals surface area contributed by atoms with Crippen LogP contribution in [0.4, 0.5) is 10.5 Å². The van der Waals surface area contributed by atoms with Gasteiger partial charge in [-0.2, -0.15) is 0 Å². The molecule has 1 saturated carbocycles. The third kappa shape index (κ3) is 5.48.